The Balaban J connectivity index is 1.93. The predicted octanol–water partition coefficient (Wildman–Crippen LogP) is 3.18. The molecule has 0 radical (unpaired) electrons. The average Bonchev–Trinajstić information content (AvgIpc) is 2.88. The van der Waals surface area contributed by atoms with E-state index < -0.39 is 0 Å². The molecule has 2 heterocycles. The van der Waals surface area contributed by atoms with Gasteiger partial charge in [0.15, 0.2) is 5.78 Å². The molecule has 0 unspecified atom stereocenters. The fraction of sp³-hybridized carbons (Fsp3) is 0.308. The zero-order valence-corrected chi connectivity index (χ0v) is 10.8. The molecule has 17 heavy (non-hydrogen) atoms. The second-order valence-corrected chi connectivity index (χ2v) is 5.09. The zero-order valence-electron chi connectivity index (χ0n) is 9.97. The van der Waals surface area contributed by atoms with Crippen molar-refractivity contribution in [2.24, 2.45) is 0 Å². The molecular weight excluding hydrogens is 234 g/mol. The van der Waals surface area contributed by atoms with Crippen LogP contribution >= 0.6 is 11.3 Å². The molecular formula is C13H15NO2S. The first-order valence-electron chi connectivity index (χ1n) is 5.43. The van der Waals surface area contributed by atoms with Gasteiger partial charge in [-0.25, -0.2) is 0 Å². The number of thiophene rings is 1. The number of carbonyl (C=O) groups excluding carboxylic acids is 1. The van der Waals surface area contributed by atoms with E-state index in [-0.39, 0.29) is 5.78 Å². The van der Waals surface area contributed by atoms with Crippen molar-refractivity contribution >= 4 is 17.1 Å². The molecule has 0 saturated heterocycles. The van der Waals surface area contributed by atoms with Gasteiger partial charge in [0.1, 0.15) is 0 Å². The van der Waals surface area contributed by atoms with Crippen LogP contribution in [0.15, 0.2) is 34.5 Å². The highest BCUT2D eigenvalue weighted by Gasteiger charge is 2.07. The first-order chi connectivity index (χ1) is 8.15. The maximum absolute atomic E-state index is 11.2. The summed E-state index contributed by atoms with van der Waals surface area (Å²) in [6, 6.07) is 3.93. The second-order valence-electron chi connectivity index (χ2n) is 4.18. The Hall–Kier alpha value is -1.39. The molecule has 3 nitrogen and oxygen atoms in total. The molecule has 0 fully saturated rings. The highest BCUT2D eigenvalue weighted by Crippen LogP contribution is 2.17. The van der Waals surface area contributed by atoms with Gasteiger partial charge in [0.25, 0.3) is 0 Å². The Morgan fingerprint density at radius 3 is 2.76 bits per heavy atom. The SMILES string of the molecule is CC(=O)c1cc(CN(C)Cc2ccoc2)cs1. The van der Waals surface area contributed by atoms with E-state index in [2.05, 4.69) is 11.9 Å². The summed E-state index contributed by atoms with van der Waals surface area (Å²) in [6.45, 7) is 3.29. The van der Waals surface area contributed by atoms with Crippen molar-refractivity contribution in [3.8, 4) is 0 Å². The van der Waals surface area contributed by atoms with Crippen LogP contribution in [0.1, 0.15) is 27.7 Å². The van der Waals surface area contributed by atoms with Crippen LogP contribution < -0.4 is 0 Å². The largest absolute Gasteiger partial charge is 0.472 e. The lowest BCUT2D eigenvalue weighted by Gasteiger charge is -2.14. The standard InChI is InChI=1S/C13H15NO2S/c1-10(15)13-5-12(9-17-13)7-14(2)6-11-3-4-16-8-11/h3-5,8-9H,6-7H2,1-2H3. The molecule has 0 aliphatic rings. The van der Waals surface area contributed by atoms with Crippen molar-refractivity contribution in [3.05, 3.63) is 46.0 Å². The van der Waals surface area contributed by atoms with Gasteiger partial charge in [-0.05, 0) is 37.0 Å². The average molecular weight is 249 g/mol. The molecule has 0 aliphatic heterocycles. The molecule has 2 aromatic heterocycles. The van der Waals surface area contributed by atoms with E-state index in [1.807, 2.05) is 17.5 Å². The van der Waals surface area contributed by atoms with E-state index in [0.29, 0.717) is 0 Å². The van der Waals surface area contributed by atoms with Gasteiger partial charge in [0.05, 0.1) is 17.4 Å². The molecule has 0 atom stereocenters. The number of Topliss-reactive ketones (excluding diaryl/α,β-unsaturated/α-hetero) is 1. The number of hydrogen-bond acceptors (Lipinski definition) is 4. The van der Waals surface area contributed by atoms with E-state index in [9.17, 15) is 4.79 Å². The molecule has 0 bridgehead atoms. The summed E-state index contributed by atoms with van der Waals surface area (Å²) in [5, 5.41) is 2.04. The third-order valence-corrected chi connectivity index (χ3v) is 3.57. The maximum atomic E-state index is 11.2. The normalized spacial score (nSPS) is 11.0. The van der Waals surface area contributed by atoms with Gasteiger partial charge in [0, 0.05) is 18.7 Å². The van der Waals surface area contributed by atoms with Crippen LogP contribution in [-0.2, 0) is 13.1 Å². The van der Waals surface area contributed by atoms with E-state index in [4.69, 9.17) is 4.42 Å². The van der Waals surface area contributed by atoms with Gasteiger partial charge in [-0.1, -0.05) is 0 Å². The van der Waals surface area contributed by atoms with Gasteiger partial charge in [-0.2, -0.15) is 0 Å². The van der Waals surface area contributed by atoms with E-state index in [1.54, 1.807) is 19.5 Å². The summed E-state index contributed by atoms with van der Waals surface area (Å²) in [5.41, 5.74) is 2.35. The minimum atomic E-state index is 0.138. The molecule has 0 spiro atoms. The summed E-state index contributed by atoms with van der Waals surface area (Å²) >= 11 is 1.51. The van der Waals surface area contributed by atoms with Crippen molar-refractivity contribution in [1.29, 1.82) is 0 Å². The topological polar surface area (TPSA) is 33.5 Å². The van der Waals surface area contributed by atoms with Crippen LogP contribution in [0.25, 0.3) is 0 Å². The van der Waals surface area contributed by atoms with Crippen LogP contribution in [0.4, 0.5) is 0 Å². The van der Waals surface area contributed by atoms with Crippen LogP contribution in [0.2, 0.25) is 0 Å². The minimum absolute atomic E-state index is 0.138. The third-order valence-electron chi connectivity index (χ3n) is 2.49. The number of carbonyl (C=O) groups is 1. The van der Waals surface area contributed by atoms with Crippen molar-refractivity contribution in [3.63, 3.8) is 0 Å². The maximum Gasteiger partial charge on any atom is 0.169 e. The highest BCUT2D eigenvalue weighted by molar-refractivity contribution is 7.12. The fourth-order valence-corrected chi connectivity index (χ4v) is 2.51. The molecule has 0 saturated carbocycles. The van der Waals surface area contributed by atoms with E-state index in [1.165, 1.54) is 16.9 Å². The first-order valence-corrected chi connectivity index (χ1v) is 6.31. The molecule has 0 amide bonds. The molecule has 0 N–H and O–H groups in total. The van der Waals surface area contributed by atoms with Crippen LogP contribution in [-0.4, -0.2) is 17.7 Å². The van der Waals surface area contributed by atoms with Crippen LogP contribution in [0, 0.1) is 0 Å². The van der Waals surface area contributed by atoms with Gasteiger partial charge >= 0.3 is 0 Å². The Morgan fingerprint density at radius 1 is 1.41 bits per heavy atom. The number of furan rings is 1. The Kier molecular flexibility index (Phi) is 3.76. The number of ketones is 1. The molecule has 90 valence electrons. The van der Waals surface area contributed by atoms with Crippen LogP contribution in [0.5, 0.6) is 0 Å². The van der Waals surface area contributed by atoms with Crippen molar-refractivity contribution < 1.29 is 9.21 Å². The molecule has 2 rings (SSSR count). The van der Waals surface area contributed by atoms with Crippen molar-refractivity contribution in [2.75, 3.05) is 7.05 Å². The van der Waals surface area contributed by atoms with E-state index in [0.717, 1.165) is 23.5 Å². The van der Waals surface area contributed by atoms with Gasteiger partial charge in [0.2, 0.25) is 0 Å². The lowest BCUT2D eigenvalue weighted by atomic mass is 10.2. The number of rotatable bonds is 5. The fourth-order valence-electron chi connectivity index (χ4n) is 1.70. The summed E-state index contributed by atoms with van der Waals surface area (Å²) in [6.07, 6.45) is 3.44. The Bertz CT molecular complexity index is 487. The molecule has 4 heteroatoms. The molecule has 2 aromatic rings. The minimum Gasteiger partial charge on any atom is -0.472 e. The summed E-state index contributed by atoms with van der Waals surface area (Å²) in [4.78, 5) is 14.2. The van der Waals surface area contributed by atoms with Crippen molar-refractivity contribution in [1.82, 2.24) is 4.90 Å². The second kappa shape index (κ2) is 5.29. The molecule has 0 aromatic carbocycles. The summed E-state index contributed by atoms with van der Waals surface area (Å²) < 4.78 is 5.03. The zero-order chi connectivity index (χ0) is 12.3. The quantitative estimate of drug-likeness (QED) is 0.763. The summed E-state index contributed by atoms with van der Waals surface area (Å²) in [5.74, 6) is 0.138. The number of nitrogens with zero attached hydrogens (tertiary/aromatic N) is 1. The lowest BCUT2D eigenvalue weighted by Crippen LogP contribution is -2.16. The molecule has 0 aliphatic carbocycles. The first kappa shape index (κ1) is 12.1. The monoisotopic (exact) mass is 249 g/mol. The van der Waals surface area contributed by atoms with E-state index >= 15 is 0 Å². The smallest absolute Gasteiger partial charge is 0.169 e. The lowest BCUT2D eigenvalue weighted by molar-refractivity contribution is 0.102. The van der Waals surface area contributed by atoms with Gasteiger partial charge in [-0.3, -0.25) is 9.69 Å². The van der Waals surface area contributed by atoms with Crippen molar-refractivity contribution in [2.45, 2.75) is 20.0 Å². The summed E-state index contributed by atoms with van der Waals surface area (Å²) in [7, 11) is 2.05. The third kappa shape index (κ3) is 3.28. The van der Waals surface area contributed by atoms with Gasteiger partial charge < -0.3 is 4.42 Å². The van der Waals surface area contributed by atoms with Crippen LogP contribution in [0.3, 0.4) is 0 Å². The Morgan fingerprint density at radius 2 is 2.18 bits per heavy atom. The Labute approximate surface area is 105 Å². The predicted molar refractivity (Wildman–Crippen MR) is 68.2 cm³/mol. The highest BCUT2D eigenvalue weighted by atomic mass is 32.1. The number of hydrogen-bond donors (Lipinski definition) is 0. The van der Waals surface area contributed by atoms with Gasteiger partial charge in [-0.15, -0.1) is 11.3 Å².